The Morgan fingerprint density at radius 3 is 2.49 bits per heavy atom. The molecule has 0 saturated carbocycles. The number of benzene rings is 4. The SMILES string of the molecule is CCN1c2cc(C)c(C)cc2C(C)(C)C12C=Nc1c(c(-c3nc4ccccc4o3)cc3ccccc13)O2. The van der Waals surface area contributed by atoms with E-state index in [4.69, 9.17) is 19.1 Å². The third-order valence-electron chi connectivity index (χ3n) is 8.31. The van der Waals surface area contributed by atoms with Crippen molar-refractivity contribution in [2.45, 2.75) is 45.8 Å². The highest BCUT2D eigenvalue weighted by molar-refractivity contribution is 6.04. The molecule has 184 valence electrons. The number of nitrogens with zero attached hydrogens (tertiary/aromatic N) is 3. The van der Waals surface area contributed by atoms with E-state index < -0.39 is 5.72 Å². The summed E-state index contributed by atoms with van der Waals surface area (Å²) >= 11 is 0. The van der Waals surface area contributed by atoms with Crippen LogP contribution in [0.5, 0.6) is 5.75 Å². The fraction of sp³-hybridized carbons (Fsp3) is 0.250. The third kappa shape index (κ3) is 2.85. The maximum absolute atomic E-state index is 7.23. The smallest absolute Gasteiger partial charge is 0.231 e. The molecule has 1 aromatic heterocycles. The number of fused-ring (bicyclic) bond motifs is 5. The molecule has 0 radical (unpaired) electrons. The van der Waals surface area contributed by atoms with Gasteiger partial charge in [0.15, 0.2) is 11.3 Å². The van der Waals surface area contributed by atoms with E-state index in [0.29, 0.717) is 11.6 Å². The van der Waals surface area contributed by atoms with Crippen molar-refractivity contribution in [1.82, 2.24) is 4.98 Å². The lowest BCUT2D eigenvalue weighted by molar-refractivity contribution is 0.0793. The van der Waals surface area contributed by atoms with Crippen LogP contribution in [-0.2, 0) is 5.41 Å². The second-order valence-electron chi connectivity index (χ2n) is 10.7. The van der Waals surface area contributed by atoms with Crippen LogP contribution in [0.1, 0.15) is 37.5 Å². The van der Waals surface area contributed by atoms with Crippen molar-refractivity contribution in [2.75, 3.05) is 11.4 Å². The number of oxazole rings is 1. The van der Waals surface area contributed by atoms with Crippen LogP contribution in [0.2, 0.25) is 0 Å². The first-order valence-electron chi connectivity index (χ1n) is 12.9. The molecule has 0 amide bonds. The molecule has 3 heterocycles. The van der Waals surface area contributed by atoms with Gasteiger partial charge in [0.1, 0.15) is 11.2 Å². The number of anilines is 1. The summed E-state index contributed by atoms with van der Waals surface area (Å²) in [5.41, 5.74) is 7.09. The lowest BCUT2D eigenvalue weighted by Crippen LogP contribution is -2.62. The molecular formula is C32H29N3O2. The summed E-state index contributed by atoms with van der Waals surface area (Å²) in [6.45, 7) is 11.8. The van der Waals surface area contributed by atoms with Crippen molar-refractivity contribution < 1.29 is 9.15 Å². The average Bonchev–Trinajstić information content (AvgIpc) is 3.40. The number of aromatic nitrogens is 1. The van der Waals surface area contributed by atoms with Gasteiger partial charge in [-0.2, -0.15) is 0 Å². The maximum atomic E-state index is 7.23. The predicted molar refractivity (Wildman–Crippen MR) is 150 cm³/mol. The van der Waals surface area contributed by atoms with Crippen LogP contribution < -0.4 is 9.64 Å². The number of ether oxygens (including phenoxy) is 1. The molecule has 0 saturated heterocycles. The van der Waals surface area contributed by atoms with E-state index in [9.17, 15) is 0 Å². The minimum absolute atomic E-state index is 0.359. The summed E-state index contributed by atoms with van der Waals surface area (Å²) in [6, 6.07) is 22.9. The van der Waals surface area contributed by atoms with Crippen LogP contribution in [-0.4, -0.2) is 23.5 Å². The number of para-hydroxylation sites is 2. The molecule has 1 spiro atoms. The number of hydrogen-bond acceptors (Lipinski definition) is 5. The van der Waals surface area contributed by atoms with Gasteiger partial charge in [0.2, 0.25) is 11.6 Å². The highest BCUT2D eigenvalue weighted by Gasteiger charge is 2.59. The van der Waals surface area contributed by atoms with Crippen molar-refractivity contribution in [1.29, 1.82) is 0 Å². The Hall–Kier alpha value is -4.12. The zero-order chi connectivity index (χ0) is 25.5. The molecule has 0 N–H and O–H groups in total. The lowest BCUT2D eigenvalue weighted by atomic mass is 9.76. The number of hydrogen-bond donors (Lipinski definition) is 0. The highest BCUT2D eigenvalue weighted by atomic mass is 16.5. The molecule has 0 aliphatic carbocycles. The van der Waals surface area contributed by atoms with Gasteiger partial charge < -0.3 is 14.1 Å². The van der Waals surface area contributed by atoms with E-state index in [1.807, 2.05) is 42.6 Å². The number of aryl methyl sites for hydroxylation is 2. The van der Waals surface area contributed by atoms with Gasteiger partial charge in [0.05, 0.1) is 17.2 Å². The Kier molecular flexibility index (Phi) is 4.45. The summed E-state index contributed by atoms with van der Waals surface area (Å²) < 4.78 is 13.5. The summed E-state index contributed by atoms with van der Waals surface area (Å²) in [7, 11) is 0. The van der Waals surface area contributed by atoms with Gasteiger partial charge in [-0.25, -0.2) is 4.98 Å². The molecule has 37 heavy (non-hydrogen) atoms. The Bertz CT molecular complexity index is 1730. The normalized spacial score (nSPS) is 19.4. The molecule has 0 bridgehead atoms. The van der Waals surface area contributed by atoms with E-state index in [1.54, 1.807) is 0 Å². The summed E-state index contributed by atoms with van der Waals surface area (Å²) in [6.07, 6.45) is 2.02. The number of likely N-dealkylation sites (N-methyl/N-ethyl adjacent to an activating group) is 1. The maximum Gasteiger partial charge on any atom is 0.231 e. The Balaban J connectivity index is 1.50. The van der Waals surface area contributed by atoms with Crippen molar-refractivity contribution in [2.24, 2.45) is 4.99 Å². The second-order valence-corrected chi connectivity index (χ2v) is 10.7. The van der Waals surface area contributed by atoms with Gasteiger partial charge in [-0.15, -0.1) is 0 Å². The van der Waals surface area contributed by atoms with E-state index in [2.05, 4.69) is 69.9 Å². The van der Waals surface area contributed by atoms with Crippen LogP contribution in [0.3, 0.4) is 0 Å². The quantitative estimate of drug-likeness (QED) is 0.254. The topological polar surface area (TPSA) is 50.9 Å². The second kappa shape index (κ2) is 7.45. The van der Waals surface area contributed by atoms with Gasteiger partial charge in [-0.05, 0) is 81.0 Å². The van der Waals surface area contributed by atoms with Gasteiger partial charge in [0.25, 0.3) is 0 Å². The Morgan fingerprint density at radius 2 is 1.68 bits per heavy atom. The summed E-state index contributed by atoms with van der Waals surface area (Å²) in [5, 5.41) is 2.12. The standard InChI is InChI=1S/C32H29N3O2/c1-6-35-26-16-20(3)19(2)15-24(26)31(4,5)32(35)18-33-28-22-12-8-7-11-21(22)17-23(29(28)37-32)30-34-25-13-9-10-14-27(25)36-30/h7-18H,6H2,1-5H3. The van der Waals surface area contributed by atoms with Crippen molar-refractivity contribution >= 4 is 39.5 Å². The monoisotopic (exact) mass is 487 g/mol. The molecule has 7 rings (SSSR count). The minimum atomic E-state index is -0.791. The van der Waals surface area contributed by atoms with E-state index >= 15 is 0 Å². The molecule has 0 fully saturated rings. The third-order valence-corrected chi connectivity index (χ3v) is 8.31. The first-order valence-corrected chi connectivity index (χ1v) is 12.9. The highest BCUT2D eigenvalue weighted by Crippen LogP contribution is 2.57. The van der Waals surface area contributed by atoms with Gasteiger partial charge in [-0.3, -0.25) is 4.99 Å². The zero-order valence-electron chi connectivity index (χ0n) is 21.8. The largest absolute Gasteiger partial charge is 0.459 e. The van der Waals surface area contributed by atoms with Crippen LogP contribution in [0.15, 0.2) is 76.1 Å². The first kappa shape index (κ1) is 22.1. The van der Waals surface area contributed by atoms with Gasteiger partial charge in [0, 0.05) is 17.6 Å². The van der Waals surface area contributed by atoms with Crippen molar-refractivity contribution in [3.63, 3.8) is 0 Å². The van der Waals surface area contributed by atoms with Gasteiger partial charge in [-0.1, -0.05) is 42.5 Å². The van der Waals surface area contributed by atoms with Crippen LogP contribution in [0, 0.1) is 13.8 Å². The molecular weight excluding hydrogens is 458 g/mol. The molecule has 5 nitrogen and oxygen atoms in total. The van der Waals surface area contributed by atoms with E-state index in [1.165, 1.54) is 22.4 Å². The zero-order valence-corrected chi connectivity index (χ0v) is 21.8. The number of rotatable bonds is 2. The fourth-order valence-corrected chi connectivity index (χ4v) is 6.07. The summed E-state index contributed by atoms with van der Waals surface area (Å²) in [5.74, 6) is 1.25. The average molecular weight is 488 g/mol. The molecule has 2 aliphatic heterocycles. The van der Waals surface area contributed by atoms with Crippen molar-refractivity contribution in [3.8, 4) is 17.2 Å². The molecule has 2 aliphatic rings. The minimum Gasteiger partial charge on any atom is -0.459 e. The first-order chi connectivity index (χ1) is 17.8. The van der Waals surface area contributed by atoms with Crippen LogP contribution in [0.4, 0.5) is 11.4 Å². The predicted octanol–water partition coefficient (Wildman–Crippen LogP) is 7.87. The van der Waals surface area contributed by atoms with E-state index in [-0.39, 0.29) is 5.41 Å². The van der Waals surface area contributed by atoms with Crippen molar-refractivity contribution in [3.05, 3.63) is 83.4 Å². The van der Waals surface area contributed by atoms with Gasteiger partial charge >= 0.3 is 0 Å². The fourth-order valence-electron chi connectivity index (χ4n) is 6.07. The molecule has 5 aromatic rings. The molecule has 1 unspecified atom stereocenters. The molecule has 5 heteroatoms. The lowest BCUT2D eigenvalue weighted by Gasteiger charge is -2.46. The molecule has 1 atom stereocenters. The summed E-state index contributed by atoms with van der Waals surface area (Å²) in [4.78, 5) is 12.3. The van der Waals surface area contributed by atoms with Crippen LogP contribution in [0.25, 0.3) is 33.3 Å². The van der Waals surface area contributed by atoms with E-state index in [0.717, 1.165) is 39.7 Å². The van der Waals surface area contributed by atoms with Crippen LogP contribution >= 0.6 is 0 Å². The number of aliphatic imine (C=N–C) groups is 1. The Morgan fingerprint density at radius 1 is 0.919 bits per heavy atom. The molecule has 4 aromatic carbocycles. The Labute approximate surface area is 216 Å².